The van der Waals surface area contributed by atoms with E-state index in [1.165, 1.54) is 5.56 Å². The summed E-state index contributed by atoms with van der Waals surface area (Å²) in [6.45, 7) is 0.839. The van der Waals surface area contributed by atoms with Crippen LogP contribution in [0.25, 0.3) is 21.8 Å². The maximum absolute atomic E-state index is 11.1. The molecule has 118 valence electrons. The first-order valence-electron chi connectivity index (χ1n) is 7.93. The van der Waals surface area contributed by atoms with Crippen molar-refractivity contribution >= 4 is 27.5 Å². The molecule has 0 fully saturated rings. The van der Waals surface area contributed by atoms with Crippen molar-refractivity contribution in [2.75, 3.05) is 0 Å². The molecular weight excluding hydrogens is 300 g/mol. The Morgan fingerprint density at radius 2 is 1.54 bits per heavy atom. The second-order valence-electron chi connectivity index (χ2n) is 5.86. The number of nitro benzene ring substituents is 1. The Morgan fingerprint density at radius 1 is 0.833 bits per heavy atom. The molecule has 0 atom stereocenters. The van der Waals surface area contributed by atoms with Crippen molar-refractivity contribution in [2.24, 2.45) is 0 Å². The molecule has 1 heterocycles. The molecule has 0 bridgehead atoms. The number of fused-ring (bicyclic) bond motifs is 3. The van der Waals surface area contributed by atoms with Gasteiger partial charge in [-0.2, -0.15) is 0 Å². The molecule has 4 nitrogen and oxygen atoms in total. The molecule has 0 saturated carbocycles. The van der Waals surface area contributed by atoms with Crippen LogP contribution in [0, 0.1) is 10.1 Å². The summed E-state index contributed by atoms with van der Waals surface area (Å²) in [5.74, 6) is 0. The number of hydrogen-bond acceptors (Lipinski definition) is 2. The maximum Gasteiger partial charge on any atom is 0.270 e. The fourth-order valence-electron chi connectivity index (χ4n) is 3.28. The molecule has 0 radical (unpaired) electrons. The van der Waals surface area contributed by atoms with Gasteiger partial charge in [0.15, 0.2) is 0 Å². The topological polar surface area (TPSA) is 48.1 Å². The zero-order chi connectivity index (χ0) is 16.5. The Labute approximate surface area is 139 Å². The van der Waals surface area contributed by atoms with Crippen molar-refractivity contribution in [1.29, 1.82) is 0 Å². The summed E-state index contributed by atoms with van der Waals surface area (Å²) in [6, 6.07) is 23.6. The molecule has 3 aromatic carbocycles. The predicted octanol–water partition coefficient (Wildman–Crippen LogP) is 4.95. The number of aromatic nitrogens is 1. The molecule has 1 aromatic heterocycles. The summed E-state index contributed by atoms with van der Waals surface area (Å²) in [5, 5.41) is 13.1. The van der Waals surface area contributed by atoms with Crippen molar-refractivity contribution in [3.8, 4) is 0 Å². The van der Waals surface area contributed by atoms with Crippen molar-refractivity contribution in [3.05, 3.63) is 88.5 Å². The highest BCUT2D eigenvalue weighted by Crippen LogP contribution is 2.31. The Morgan fingerprint density at radius 3 is 2.33 bits per heavy atom. The summed E-state index contributed by atoms with van der Waals surface area (Å²) in [7, 11) is 0. The number of nitrogens with zero attached hydrogens (tertiary/aromatic N) is 2. The molecular formula is C20H16N2O2. The van der Waals surface area contributed by atoms with E-state index in [4.69, 9.17) is 0 Å². The van der Waals surface area contributed by atoms with Crippen LogP contribution in [0.3, 0.4) is 0 Å². The summed E-state index contributed by atoms with van der Waals surface area (Å²) >= 11 is 0. The van der Waals surface area contributed by atoms with Crippen molar-refractivity contribution in [3.63, 3.8) is 0 Å². The lowest BCUT2D eigenvalue weighted by Crippen LogP contribution is -2.01. The molecule has 0 aliphatic rings. The van der Waals surface area contributed by atoms with E-state index >= 15 is 0 Å². The smallest absolute Gasteiger partial charge is 0.270 e. The molecule has 0 spiro atoms. The molecule has 4 rings (SSSR count). The molecule has 0 aliphatic carbocycles. The zero-order valence-electron chi connectivity index (χ0n) is 13.1. The van der Waals surface area contributed by atoms with E-state index in [1.807, 2.05) is 42.5 Å². The first-order chi connectivity index (χ1) is 11.7. The third kappa shape index (κ3) is 2.42. The van der Waals surface area contributed by atoms with Gasteiger partial charge in [0.25, 0.3) is 5.69 Å². The number of para-hydroxylation sites is 1. The van der Waals surface area contributed by atoms with E-state index in [1.54, 1.807) is 12.1 Å². The Kier molecular flexibility index (Phi) is 3.50. The van der Waals surface area contributed by atoms with Crippen molar-refractivity contribution < 1.29 is 4.92 Å². The van der Waals surface area contributed by atoms with E-state index in [0.29, 0.717) is 0 Å². The van der Waals surface area contributed by atoms with Gasteiger partial charge in [-0.25, -0.2) is 0 Å². The summed E-state index contributed by atoms with van der Waals surface area (Å²) < 4.78 is 2.25. The maximum atomic E-state index is 11.1. The van der Waals surface area contributed by atoms with Crippen LogP contribution in [0.15, 0.2) is 72.8 Å². The highest BCUT2D eigenvalue weighted by Gasteiger charge is 2.14. The minimum absolute atomic E-state index is 0.133. The zero-order valence-corrected chi connectivity index (χ0v) is 13.1. The summed E-state index contributed by atoms with van der Waals surface area (Å²) in [5.41, 5.74) is 3.57. The van der Waals surface area contributed by atoms with Gasteiger partial charge in [-0.15, -0.1) is 0 Å². The normalized spacial score (nSPS) is 11.2. The molecule has 4 aromatic rings. The summed E-state index contributed by atoms with van der Waals surface area (Å²) in [4.78, 5) is 10.8. The highest BCUT2D eigenvalue weighted by atomic mass is 16.6. The molecule has 0 amide bonds. The third-order valence-corrected chi connectivity index (χ3v) is 4.43. The molecule has 0 N–H and O–H groups in total. The van der Waals surface area contributed by atoms with Crippen LogP contribution in [0.2, 0.25) is 0 Å². The number of hydrogen-bond donors (Lipinski definition) is 0. The lowest BCUT2D eigenvalue weighted by Gasteiger charge is -2.07. The van der Waals surface area contributed by atoms with E-state index in [-0.39, 0.29) is 10.6 Å². The molecule has 24 heavy (non-hydrogen) atoms. The van der Waals surface area contributed by atoms with Crippen molar-refractivity contribution in [1.82, 2.24) is 4.57 Å². The molecule has 0 saturated heterocycles. The second kappa shape index (κ2) is 5.81. The lowest BCUT2D eigenvalue weighted by atomic mass is 10.1. The van der Waals surface area contributed by atoms with Crippen molar-refractivity contribution in [2.45, 2.75) is 13.0 Å². The Hall–Kier alpha value is -3.14. The van der Waals surface area contributed by atoms with Crippen LogP contribution in [0.1, 0.15) is 5.56 Å². The average Bonchev–Trinajstić information content (AvgIpc) is 2.94. The van der Waals surface area contributed by atoms with E-state index in [2.05, 4.69) is 22.8 Å². The van der Waals surface area contributed by atoms with Gasteiger partial charge in [0.2, 0.25) is 0 Å². The van der Waals surface area contributed by atoms with Crippen LogP contribution >= 0.6 is 0 Å². The largest absolute Gasteiger partial charge is 0.340 e. The predicted molar refractivity (Wildman–Crippen MR) is 96.2 cm³/mol. The molecule has 0 unspecified atom stereocenters. The van der Waals surface area contributed by atoms with Crippen LogP contribution in [0.4, 0.5) is 5.69 Å². The van der Waals surface area contributed by atoms with E-state index in [0.717, 1.165) is 34.8 Å². The van der Waals surface area contributed by atoms with Crippen LogP contribution in [-0.2, 0) is 13.0 Å². The number of rotatable bonds is 4. The van der Waals surface area contributed by atoms with Gasteiger partial charge in [-0.1, -0.05) is 48.5 Å². The average molecular weight is 316 g/mol. The highest BCUT2D eigenvalue weighted by molar-refractivity contribution is 6.08. The number of non-ortho nitro benzene ring substituents is 1. The Bertz CT molecular complexity index is 1040. The van der Waals surface area contributed by atoms with Crippen LogP contribution in [0.5, 0.6) is 0 Å². The van der Waals surface area contributed by atoms with Crippen LogP contribution < -0.4 is 0 Å². The number of aryl methyl sites for hydroxylation is 2. The Balaban J connectivity index is 1.85. The first kappa shape index (κ1) is 14.5. The van der Waals surface area contributed by atoms with Gasteiger partial charge in [0.05, 0.1) is 4.92 Å². The minimum Gasteiger partial charge on any atom is -0.340 e. The van der Waals surface area contributed by atoms with Gasteiger partial charge >= 0.3 is 0 Å². The third-order valence-electron chi connectivity index (χ3n) is 4.43. The molecule has 4 heteroatoms. The van der Waals surface area contributed by atoms with E-state index < -0.39 is 0 Å². The van der Waals surface area contributed by atoms with E-state index in [9.17, 15) is 10.1 Å². The minimum atomic E-state index is -0.338. The van der Waals surface area contributed by atoms with Gasteiger partial charge in [0, 0.05) is 40.5 Å². The standard InChI is InChI=1S/C20H16N2O2/c23-22(24)16-10-11-20-18(14-16)17-8-4-5-9-19(17)21(20)13-12-15-6-2-1-3-7-15/h1-11,14H,12-13H2. The second-order valence-corrected chi connectivity index (χ2v) is 5.86. The fourth-order valence-corrected chi connectivity index (χ4v) is 3.28. The SMILES string of the molecule is O=[N+]([O-])c1ccc2c(c1)c1ccccc1n2CCc1ccccc1. The van der Waals surface area contributed by atoms with Crippen LogP contribution in [-0.4, -0.2) is 9.49 Å². The molecule has 0 aliphatic heterocycles. The monoisotopic (exact) mass is 316 g/mol. The fraction of sp³-hybridized carbons (Fsp3) is 0.100. The lowest BCUT2D eigenvalue weighted by molar-refractivity contribution is -0.384. The van der Waals surface area contributed by atoms with Gasteiger partial charge in [-0.05, 0) is 24.1 Å². The number of benzene rings is 3. The van der Waals surface area contributed by atoms with Gasteiger partial charge < -0.3 is 4.57 Å². The van der Waals surface area contributed by atoms with Gasteiger partial charge in [-0.3, -0.25) is 10.1 Å². The first-order valence-corrected chi connectivity index (χ1v) is 7.93. The summed E-state index contributed by atoms with van der Waals surface area (Å²) in [6.07, 6.45) is 0.922. The van der Waals surface area contributed by atoms with Gasteiger partial charge in [0.1, 0.15) is 0 Å². The number of nitro groups is 1. The quantitative estimate of drug-likeness (QED) is 0.395.